The Hall–Kier alpha value is -3.21. The lowest BCUT2D eigenvalue weighted by molar-refractivity contribution is -0.137. The van der Waals surface area contributed by atoms with E-state index in [4.69, 9.17) is 33.7 Å². The lowest BCUT2D eigenvalue weighted by Crippen LogP contribution is -2.29. The van der Waals surface area contributed by atoms with E-state index in [2.05, 4.69) is 4.98 Å². The molecular weight excluding hydrogens is 594 g/mol. The number of thiocarbonyl (C=S) groups is 1. The summed E-state index contributed by atoms with van der Waals surface area (Å²) in [7, 11) is 0. The largest absolute Gasteiger partial charge is 0.481 e. The van der Waals surface area contributed by atoms with Gasteiger partial charge in [-0.25, -0.2) is 0 Å². The van der Waals surface area contributed by atoms with E-state index in [0.29, 0.717) is 32.2 Å². The maximum absolute atomic E-state index is 13.6. The van der Waals surface area contributed by atoms with Crippen LogP contribution in [0.3, 0.4) is 0 Å². The molecule has 11 heteroatoms. The first kappa shape index (κ1) is 31.7. The number of pyridine rings is 1. The van der Waals surface area contributed by atoms with E-state index in [9.17, 15) is 14.4 Å². The summed E-state index contributed by atoms with van der Waals surface area (Å²) in [5.74, 6) is -0.391. The van der Waals surface area contributed by atoms with Gasteiger partial charge in [-0.15, -0.1) is 0 Å². The molecule has 1 aliphatic rings. The van der Waals surface area contributed by atoms with Gasteiger partial charge in [-0.3, -0.25) is 23.7 Å². The molecule has 0 radical (unpaired) electrons. The molecule has 4 rings (SSSR count). The molecule has 0 atom stereocenters. The molecule has 1 fully saturated rings. The zero-order valence-corrected chi connectivity index (χ0v) is 26.1. The normalized spacial score (nSPS) is 14.4. The first-order valence-corrected chi connectivity index (χ1v) is 15.7. The Morgan fingerprint density at radius 1 is 1.05 bits per heavy atom. The maximum Gasteiger partial charge on any atom is 0.303 e. The number of aryl methyl sites for hydroxylation is 2. The molecule has 1 saturated heterocycles. The zero-order valence-electron chi connectivity index (χ0n) is 23.7. The van der Waals surface area contributed by atoms with Gasteiger partial charge >= 0.3 is 5.97 Å². The summed E-state index contributed by atoms with van der Waals surface area (Å²) in [4.78, 5) is 44.2. The first-order valence-electron chi connectivity index (χ1n) is 14.1. The van der Waals surface area contributed by atoms with Gasteiger partial charge in [-0.1, -0.05) is 80.2 Å². The van der Waals surface area contributed by atoms with Crippen molar-refractivity contribution in [2.45, 2.75) is 71.6 Å². The molecule has 3 aromatic rings. The number of rotatable bonds is 14. The number of carboxylic acids is 1. The molecule has 1 aliphatic heterocycles. The number of halogens is 1. The van der Waals surface area contributed by atoms with Gasteiger partial charge in [-0.2, -0.15) is 4.98 Å². The van der Waals surface area contributed by atoms with E-state index >= 15 is 0 Å². The molecule has 0 bridgehead atoms. The Morgan fingerprint density at radius 2 is 1.74 bits per heavy atom. The molecule has 222 valence electrons. The highest BCUT2D eigenvalue weighted by molar-refractivity contribution is 8.26. The monoisotopic (exact) mass is 627 g/mol. The highest BCUT2D eigenvalue weighted by Gasteiger charge is 2.32. The fourth-order valence-corrected chi connectivity index (χ4v) is 6.12. The standard InChI is InChI=1S/C31H34ClN3O5S2/c1-20-12-11-17-34-27(20)33-28(40-22-14-15-24(32)21(2)18-22)23(29(34)38)19-25-30(39)35(31(41)42-25)16-10-8-6-4-3-5-7-9-13-26(36)37/h11-12,14-15,17-19H,3-10,13,16H2,1-2H3,(H,36,37)/b25-19+. The number of fused-ring (bicyclic) bond motifs is 1. The number of hydrogen-bond acceptors (Lipinski definition) is 7. The summed E-state index contributed by atoms with van der Waals surface area (Å²) in [6, 6.07) is 8.84. The molecule has 1 aromatic carbocycles. The van der Waals surface area contributed by atoms with E-state index in [0.717, 1.165) is 62.5 Å². The van der Waals surface area contributed by atoms with Crippen LogP contribution < -0.4 is 10.3 Å². The van der Waals surface area contributed by atoms with Gasteiger partial charge in [-0.05, 0) is 68.2 Å². The van der Waals surface area contributed by atoms with Gasteiger partial charge < -0.3 is 9.84 Å². The minimum Gasteiger partial charge on any atom is -0.481 e. The summed E-state index contributed by atoms with van der Waals surface area (Å²) in [6.45, 7) is 4.24. The second-order valence-corrected chi connectivity index (χ2v) is 12.4. The quantitative estimate of drug-likeness (QED) is 0.111. The SMILES string of the molecule is Cc1cc(Oc2nc3c(C)cccn3c(=O)c2/C=C2/SC(=S)N(CCCCCCCCCCC(=O)O)C2=O)ccc1Cl. The summed E-state index contributed by atoms with van der Waals surface area (Å²) in [5, 5.41) is 9.30. The van der Waals surface area contributed by atoms with Crippen LogP contribution in [0.15, 0.2) is 46.2 Å². The third-order valence-electron chi connectivity index (χ3n) is 7.06. The Balaban J connectivity index is 1.45. The fraction of sp³-hybridized carbons (Fsp3) is 0.387. The average molecular weight is 628 g/mol. The number of hydrogen-bond donors (Lipinski definition) is 1. The van der Waals surface area contributed by atoms with Crippen molar-refractivity contribution in [3.63, 3.8) is 0 Å². The third-order valence-corrected chi connectivity index (χ3v) is 8.87. The minimum absolute atomic E-state index is 0.101. The van der Waals surface area contributed by atoms with Gasteiger partial charge in [0, 0.05) is 24.2 Å². The van der Waals surface area contributed by atoms with Crippen molar-refractivity contribution in [1.29, 1.82) is 0 Å². The van der Waals surface area contributed by atoms with E-state index in [1.54, 1.807) is 35.4 Å². The number of benzene rings is 1. The summed E-state index contributed by atoms with van der Waals surface area (Å²) < 4.78 is 8.03. The van der Waals surface area contributed by atoms with Gasteiger partial charge in [0.2, 0.25) is 5.88 Å². The van der Waals surface area contributed by atoms with E-state index in [1.165, 1.54) is 22.2 Å². The fourth-order valence-electron chi connectivity index (χ4n) is 4.72. The van der Waals surface area contributed by atoms with Gasteiger partial charge in [0.25, 0.3) is 11.5 Å². The van der Waals surface area contributed by atoms with Crippen molar-refractivity contribution in [3.8, 4) is 11.6 Å². The predicted octanol–water partition coefficient (Wildman–Crippen LogP) is 7.55. The van der Waals surface area contributed by atoms with Crippen molar-refractivity contribution in [2.75, 3.05) is 6.54 Å². The van der Waals surface area contributed by atoms with Crippen LogP contribution >= 0.6 is 35.6 Å². The van der Waals surface area contributed by atoms with Crippen LogP contribution in [-0.4, -0.2) is 42.1 Å². The number of nitrogens with zero attached hydrogens (tertiary/aromatic N) is 3. The number of amides is 1. The van der Waals surface area contributed by atoms with Crippen molar-refractivity contribution >= 4 is 63.5 Å². The molecule has 42 heavy (non-hydrogen) atoms. The average Bonchev–Trinajstić information content (AvgIpc) is 3.21. The minimum atomic E-state index is -0.737. The second-order valence-electron chi connectivity index (χ2n) is 10.3. The van der Waals surface area contributed by atoms with Gasteiger partial charge in [0.1, 0.15) is 21.3 Å². The summed E-state index contributed by atoms with van der Waals surface area (Å²) in [5.41, 5.74) is 1.91. The number of thioether (sulfide) groups is 1. The molecule has 1 amide bonds. The summed E-state index contributed by atoms with van der Waals surface area (Å²) >= 11 is 12.9. The topological polar surface area (TPSA) is 101 Å². The van der Waals surface area contributed by atoms with Crippen molar-refractivity contribution < 1.29 is 19.4 Å². The lowest BCUT2D eigenvalue weighted by Gasteiger charge is -2.14. The predicted molar refractivity (Wildman–Crippen MR) is 172 cm³/mol. The lowest BCUT2D eigenvalue weighted by atomic mass is 10.1. The van der Waals surface area contributed by atoms with Crippen LogP contribution in [0.4, 0.5) is 0 Å². The summed E-state index contributed by atoms with van der Waals surface area (Å²) in [6.07, 6.45) is 11.1. The molecule has 3 heterocycles. The van der Waals surface area contributed by atoms with Crippen molar-refractivity contribution in [1.82, 2.24) is 14.3 Å². The third kappa shape index (κ3) is 7.99. The highest BCUT2D eigenvalue weighted by Crippen LogP contribution is 2.35. The molecule has 0 unspecified atom stereocenters. The Kier molecular flexibility index (Phi) is 11.2. The van der Waals surface area contributed by atoms with E-state index < -0.39 is 5.97 Å². The molecule has 0 saturated carbocycles. The van der Waals surface area contributed by atoms with Crippen molar-refractivity contribution in [2.24, 2.45) is 0 Å². The number of unbranched alkanes of at least 4 members (excludes halogenated alkanes) is 7. The molecule has 0 spiro atoms. The van der Waals surface area contributed by atoms with Crippen LogP contribution in [0, 0.1) is 13.8 Å². The van der Waals surface area contributed by atoms with E-state index in [1.807, 2.05) is 19.9 Å². The number of carboxylic acid groups (broad SMARTS) is 1. The molecular formula is C31H34ClN3O5S2. The number of carbonyl (C=O) groups is 2. The van der Waals surface area contributed by atoms with Crippen molar-refractivity contribution in [3.05, 3.63) is 73.5 Å². The molecule has 1 N–H and O–H groups in total. The molecule has 0 aliphatic carbocycles. The molecule has 2 aromatic heterocycles. The maximum atomic E-state index is 13.6. The van der Waals surface area contributed by atoms with Gasteiger partial charge in [0.15, 0.2) is 0 Å². The number of aliphatic carboxylic acids is 1. The van der Waals surface area contributed by atoms with Crippen LogP contribution in [0.2, 0.25) is 5.02 Å². The Morgan fingerprint density at radius 3 is 2.43 bits per heavy atom. The highest BCUT2D eigenvalue weighted by atomic mass is 35.5. The van der Waals surface area contributed by atoms with Crippen LogP contribution in [0.5, 0.6) is 11.6 Å². The van der Waals surface area contributed by atoms with Gasteiger partial charge in [0.05, 0.1) is 4.91 Å². The van der Waals surface area contributed by atoms with Crippen LogP contribution in [0.25, 0.3) is 11.7 Å². The number of ether oxygens (including phenoxy) is 1. The zero-order chi connectivity index (χ0) is 30.2. The van der Waals surface area contributed by atoms with E-state index in [-0.39, 0.29) is 29.3 Å². The number of carbonyl (C=O) groups excluding carboxylic acids is 1. The Bertz CT molecular complexity index is 1590. The Labute approximate surface area is 259 Å². The molecule has 8 nitrogen and oxygen atoms in total. The second kappa shape index (κ2) is 14.8. The van der Waals surface area contributed by atoms with Crippen LogP contribution in [0.1, 0.15) is 74.5 Å². The van der Waals surface area contributed by atoms with Crippen LogP contribution in [-0.2, 0) is 9.59 Å². The smallest absolute Gasteiger partial charge is 0.303 e. The first-order chi connectivity index (χ1) is 20.2. The number of aromatic nitrogens is 2.